The Labute approximate surface area is 120 Å². The Kier molecular flexibility index (Phi) is 5.86. The first kappa shape index (κ1) is 14.5. The van der Waals surface area contributed by atoms with E-state index in [4.69, 9.17) is 0 Å². The molecule has 0 spiro atoms. The monoisotopic (exact) mass is 280 g/mol. The fraction of sp³-hybridized carbons (Fsp3) is 0.667. The minimum Gasteiger partial charge on any atom is -0.343 e. The van der Waals surface area contributed by atoms with Crippen molar-refractivity contribution < 1.29 is 4.79 Å². The molecule has 0 radical (unpaired) electrons. The van der Waals surface area contributed by atoms with Crippen LogP contribution < -0.4 is 5.32 Å². The number of hydrogen-bond donors (Lipinski definition) is 1. The fourth-order valence-corrected chi connectivity index (χ4v) is 3.14. The van der Waals surface area contributed by atoms with E-state index in [9.17, 15) is 4.79 Å². The maximum absolute atomic E-state index is 12.2. The quantitative estimate of drug-likeness (QED) is 0.899. The molecule has 3 nitrogen and oxygen atoms in total. The number of amides is 1. The van der Waals surface area contributed by atoms with E-state index in [0.29, 0.717) is 12.3 Å². The largest absolute Gasteiger partial charge is 0.343 e. The van der Waals surface area contributed by atoms with E-state index in [1.807, 2.05) is 0 Å². The van der Waals surface area contributed by atoms with E-state index < -0.39 is 0 Å². The van der Waals surface area contributed by atoms with Gasteiger partial charge in [0.1, 0.15) is 0 Å². The zero-order valence-electron chi connectivity index (χ0n) is 11.7. The van der Waals surface area contributed by atoms with Gasteiger partial charge in [0.25, 0.3) is 0 Å². The molecule has 1 aromatic rings. The van der Waals surface area contributed by atoms with Gasteiger partial charge in [0.2, 0.25) is 5.91 Å². The number of nitrogens with one attached hydrogen (secondary N) is 1. The molecule has 0 aliphatic carbocycles. The van der Waals surface area contributed by atoms with Gasteiger partial charge < -0.3 is 10.2 Å². The van der Waals surface area contributed by atoms with Crippen LogP contribution in [-0.2, 0) is 11.3 Å². The highest BCUT2D eigenvalue weighted by Gasteiger charge is 2.17. The molecule has 1 aromatic heterocycles. The molecule has 1 aliphatic heterocycles. The van der Waals surface area contributed by atoms with Gasteiger partial charge in [-0.15, -0.1) is 0 Å². The Morgan fingerprint density at radius 2 is 2.11 bits per heavy atom. The van der Waals surface area contributed by atoms with Gasteiger partial charge in [0.05, 0.1) is 0 Å². The summed E-state index contributed by atoms with van der Waals surface area (Å²) in [6.07, 6.45) is 5.50. The van der Waals surface area contributed by atoms with Gasteiger partial charge in [-0.05, 0) is 42.2 Å². The van der Waals surface area contributed by atoms with Crippen LogP contribution >= 0.6 is 11.3 Å². The van der Waals surface area contributed by atoms with Gasteiger partial charge in [0.15, 0.2) is 0 Å². The lowest BCUT2D eigenvalue weighted by atomic mass is 10.2. The van der Waals surface area contributed by atoms with Crippen LogP contribution in [0.3, 0.4) is 0 Å². The van der Waals surface area contributed by atoms with Crippen molar-refractivity contribution in [2.45, 2.75) is 51.6 Å². The molecule has 1 N–H and O–H groups in total. The summed E-state index contributed by atoms with van der Waals surface area (Å²) in [5.41, 5.74) is 1.30. The molecule has 1 atom stereocenters. The average molecular weight is 280 g/mol. The van der Waals surface area contributed by atoms with Gasteiger partial charge in [-0.25, -0.2) is 0 Å². The molecule has 1 aliphatic rings. The van der Waals surface area contributed by atoms with E-state index in [0.717, 1.165) is 19.6 Å². The first-order valence-electron chi connectivity index (χ1n) is 7.28. The second kappa shape index (κ2) is 7.65. The molecule has 1 unspecified atom stereocenters. The number of likely N-dealkylation sites (tertiary alicyclic amines) is 1. The third kappa shape index (κ3) is 4.96. The molecular weight excluding hydrogens is 256 g/mol. The van der Waals surface area contributed by atoms with Crippen molar-refractivity contribution in [2.75, 3.05) is 13.1 Å². The predicted molar refractivity (Wildman–Crippen MR) is 80.3 cm³/mol. The minimum atomic E-state index is 0.246. The van der Waals surface area contributed by atoms with Gasteiger partial charge in [-0.2, -0.15) is 11.3 Å². The Bertz CT molecular complexity index is 370. The van der Waals surface area contributed by atoms with Crippen molar-refractivity contribution in [3.63, 3.8) is 0 Å². The van der Waals surface area contributed by atoms with Crippen molar-refractivity contribution in [3.8, 4) is 0 Å². The van der Waals surface area contributed by atoms with Gasteiger partial charge >= 0.3 is 0 Å². The predicted octanol–water partition coefficient (Wildman–Crippen LogP) is 3.02. The molecular formula is C15H24N2OS. The minimum absolute atomic E-state index is 0.246. The number of hydrogen-bond acceptors (Lipinski definition) is 3. The highest BCUT2D eigenvalue weighted by atomic mass is 32.1. The Balaban J connectivity index is 1.71. The van der Waals surface area contributed by atoms with Crippen molar-refractivity contribution in [2.24, 2.45) is 0 Å². The second-order valence-electron chi connectivity index (χ2n) is 5.41. The fourth-order valence-electron chi connectivity index (χ4n) is 2.47. The molecule has 106 valence electrons. The van der Waals surface area contributed by atoms with E-state index in [2.05, 4.69) is 34.0 Å². The number of carbonyl (C=O) groups is 1. The maximum Gasteiger partial charge on any atom is 0.224 e. The smallest absolute Gasteiger partial charge is 0.224 e. The normalized spacial score (nSPS) is 18.1. The summed E-state index contributed by atoms with van der Waals surface area (Å²) in [6.45, 7) is 4.87. The van der Waals surface area contributed by atoms with Gasteiger partial charge in [-0.3, -0.25) is 4.79 Å². The van der Waals surface area contributed by atoms with Crippen molar-refractivity contribution in [3.05, 3.63) is 22.4 Å². The average Bonchev–Trinajstić information content (AvgIpc) is 2.76. The van der Waals surface area contributed by atoms with E-state index in [-0.39, 0.29) is 6.04 Å². The van der Waals surface area contributed by atoms with Crippen LogP contribution in [0.4, 0.5) is 0 Å². The molecule has 1 amide bonds. The summed E-state index contributed by atoms with van der Waals surface area (Å²) >= 11 is 1.72. The van der Waals surface area contributed by atoms with Crippen LogP contribution in [0.2, 0.25) is 0 Å². The third-order valence-corrected chi connectivity index (χ3v) is 4.41. The van der Waals surface area contributed by atoms with Crippen molar-refractivity contribution >= 4 is 17.2 Å². The van der Waals surface area contributed by atoms with Crippen molar-refractivity contribution in [1.82, 2.24) is 10.2 Å². The Morgan fingerprint density at radius 1 is 1.37 bits per heavy atom. The van der Waals surface area contributed by atoms with Crippen LogP contribution in [0.1, 0.15) is 44.6 Å². The highest BCUT2D eigenvalue weighted by molar-refractivity contribution is 7.07. The summed E-state index contributed by atoms with van der Waals surface area (Å²) in [5, 5.41) is 7.67. The van der Waals surface area contributed by atoms with Crippen LogP contribution in [0, 0.1) is 0 Å². The van der Waals surface area contributed by atoms with Crippen LogP contribution in [0.25, 0.3) is 0 Å². The summed E-state index contributed by atoms with van der Waals surface area (Å²) in [6, 6.07) is 2.37. The van der Waals surface area contributed by atoms with E-state index in [1.54, 1.807) is 11.3 Å². The van der Waals surface area contributed by atoms with E-state index >= 15 is 0 Å². The van der Waals surface area contributed by atoms with Crippen LogP contribution in [-0.4, -0.2) is 29.9 Å². The molecule has 19 heavy (non-hydrogen) atoms. The molecule has 1 fully saturated rings. The molecule has 2 heterocycles. The number of rotatable bonds is 5. The van der Waals surface area contributed by atoms with E-state index in [1.165, 1.54) is 31.2 Å². The second-order valence-corrected chi connectivity index (χ2v) is 6.19. The standard InChI is InChI=1S/C15H24N2OS/c1-13(16-11-14-6-9-19-12-14)10-15(18)17-7-4-2-3-5-8-17/h6,9,12-13,16H,2-5,7-8,10-11H2,1H3. The maximum atomic E-state index is 12.2. The lowest BCUT2D eigenvalue weighted by Gasteiger charge is -2.22. The summed E-state index contributed by atoms with van der Waals surface area (Å²) in [4.78, 5) is 14.3. The Hall–Kier alpha value is -0.870. The Morgan fingerprint density at radius 3 is 2.74 bits per heavy atom. The summed E-state index contributed by atoms with van der Waals surface area (Å²) in [7, 11) is 0. The van der Waals surface area contributed by atoms with Gasteiger partial charge in [-0.1, -0.05) is 12.8 Å². The SMILES string of the molecule is CC(CC(=O)N1CCCCCC1)NCc1ccsc1. The van der Waals surface area contributed by atoms with Crippen LogP contribution in [0.15, 0.2) is 16.8 Å². The zero-order chi connectivity index (χ0) is 13.5. The van der Waals surface area contributed by atoms with Crippen LogP contribution in [0.5, 0.6) is 0 Å². The molecule has 0 saturated carbocycles. The zero-order valence-corrected chi connectivity index (χ0v) is 12.5. The molecule has 0 bridgehead atoms. The number of nitrogens with zero attached hydrogens (tertiary/aromatic N) is 1. The molecule has 1 saturated heterocycles. The van der Waals surface area contributed by atoms with Crippen molar-refractivity contribution in [1.29, 1.82) is 0 Å². The first-order valence-corrected chi connectivity index (χ1v) is 8.22. The summed E-state index contributed by atoms with van der Waals surface area (Å²) < 4.78 is 0. The topological polar surface area (TPSA) is 32.3 Å². The number of carbonyl (C=O) groups excluding carboxylic acids is 1. The lowest BCUT2D eigenvalue weighted by molar-refractivity contribution is -0.131. The lowest BCUT2D eigenvalue weighted by Crippen LogP contribution is -2.37. The molecule has 4 heteroatoms. The molecule has 2 rings (SSSR count). The van der Waals surface area contributed by atoms with Gasteiger partial charge in [0, 0.05) is 32.1 Å². The molecule has 0 aromatic carbocycles. The third-order valence-electron chi connectivity index (χ3n) is 3.67. The highest BCUT2D eigenvalue weighted by Crippen LogP contribution is 2.12. The number of thiophene rings is 1. The summed E-state index contributed by atoms with van der Waals surface area (Å²) in [5.74, 6) is 0.312. The first-order chi connectivity index (χ1) is 9.25.